The summed E-state index contributed by atoms with van der Waals surface area (Å²) in [5.41, 5.74) is 2.33. The van der Waals surface area contributed by atoms with Crippen molar-refractivity contribution in [3.63, 3.8) is 0 Å². The topological polar surface area (TPSA) is 50.7 Å². The molecule has 0 bridgehead atoms. The smallest absolute Gasteiger partial charge is 0.138 e. The van der Waals surface area contributed by atoms with Gasteiger partial charge in [-0.3, -0.25) is 0 Å². The minimum absolute atomic E-state index is 0.814. The number of fused-ring (bicyclic) bond motifs is 1. The Hall–Kier alpha value is -1.83. The van der Waals surface area contributed by atoms with Crippen LogP contribution < -0.4 is 5.32 Å². The molecule has 0 unspecified atom stereocenters. The van der Waals surface area contributed by atoms with Gasteiger partial charge in [-0.15, -0.1) is 22.7 Å². The molecule has 0 amide bonds. The second-order valence-electron chi connectivity index (χ2n) is 4.69. The Morgan fingerprint density at radius 2 is 2.05 bits per heavy atom. The molecule has 4 heterocycles. The van der Waals surface area contributed by atoms with Crippen molar-refractivity contribution < 1.29 is 0 Å². The van der Waals surface area contributed by atoms with Gasteiger partial charge in [0.25, 0.3) is 0 Å². The third kappa shape index (κ3) is 2.75. The molecule has 0 saturated heterocycles. The number of rotatable bonds is 5. The molecule has 4 nitrogen and oxygen atoms in total. The van der Waals surface area contributed by atoms with E-state index in [1.165, 1.54) is 5.56 Å². The van der Waals surface area contributed by atoms with Crippen LogP contribution in [-0.2, 0) is 6.42 Å². The largest absolute Gasteiger partial charge is 0.369 e. The maximum atomic E-state index is 4.69. The van der Waals surface area contributed by atoms with Gasteiger partial charge in [0.15, 0.2) is 0 Å². The lowest BCUT2D eigenvalue weighted by Gasteiger charge is -2.04. The summed E-state index contributed by atoms with van der Waals surface area (Å²) in [4.78, 5) is 14.3. The zero-order valence-electron chi connectivity index (χ0n) is 11.5. The minimum atomic E-state index is 0.814. The number of anilines is 1. The van der Waals surface area contributed by atoms with Crippen LogP contribution in [0.15, 0.2) is 40.0 Å². The molecular weight excluding hydrogens is 332 g/mol. The van der Waals surface area contributed by atoms with Crippen LogP contribution in [-0.4, -0.2) is 21.5 Å². The van der Waals surface area contributed by atoms with E-state index in [9.17, 15) is 0 Å². The first-order chi connectivity index (χ1) is 10.9. The minimum Gasteiger partial charge on any atom is -0.369 e. The van der Waals surface area contributed by atoms with E-state index in [2.05, 4.69) is 43.6 Å². The number of hydrogen-bond acceptors (Lipinski definition) is 7. The van der Waals surface area contributed by atoms with Gasteiger partial charge in [0.1, 0.15) is 22.0 Å². The number of thiophene rings is 2. The van der Waals surface area contributed by atoms with Gasteiger partial charge in [-0.25, -0.2) is 15.0 Å². The van der Waals surface area contributed by atoms with Crippen molar-refractivity contribution >= 4 is 50.0 Å². The molecule has 0 aliphatic heterocycles. The zero-order valence-corrected chi connectivity index (χ0v) is 14.0. The van der Waals surface area contributed by atoms with Gasteiger partial charge in [-0.05, 0) is 22.9 Å². The van der Waals surface area contributed by atoms with Crippen molar-refractivity contribution in [2.45, 2.75) is 6.42 Å². The number of nitrogens with one attached hydrogen (secondary N) is 1. The van der Waals surface area contributed by atoms with Crippen LogP contribution in [0.25, 0.3) is 20.8 Å². The van der Waals surface area contributed by atoms with Gasteiger partial charge in [0, 0.05) is 29.3 Å². The Bertz CT molecular complexity index is 879. The highest BCUT2D eigenvalue weighted by molar-refractivity contribution is 7.16. The molecule has 0 aliphatic carbocycles. The van der Waals surface area contributed by atoms with Crippen LogP contribution in [0, 0.1) is 0 Å². The molecule has 4 rings (SSSR count). The predicted molar refractivity (Wildman–Crippen MR) is 95.0 cm³/mol. The molecule has 110 valence electrons. The molecule has 22 heavy (non-hydrogen) atoms. The SMILES string of the molecule is c1nc(NCCc2csc(-c3ccsc3)n2)c2ccsc2n1. The number of nitrogens with zero attached hydrogens (tertiary/aromatic N) is 3. The zero-order chi connectivity index (χ0) is 14.8. The van der Waals surface area contributed by atoms with E-state index in [4.69, 9.17) is 4.98 Å². The van der Waals surface area contributed by atoms with Gasteiger partial charge in [0.05, 0.1) is 11.1 Å². The molecule has 4 aromatic heterocycles. The Labute approximate surface area is 139 Å². The van der Waals surface area contributed by atoms with E-state index in [1.54, 1.807) is 40.3 Å². The molecule has 0 spiro atoms. The lowest BCUT2D eigenvalue weighted by Crippen LogP contribution is -2.06. The molecule has 0 aromatic carbocycles. The molecule has 0 radical (unpaired) electrons. The fourth-order valence-electron chi connectivity index (χ4n) is 2.18. The standard InChI is InChI=1S/C15H12N4S3/c1(11-8-22-14(19-11)10-2-5-20-7-10)4-16-13-12-3-6-21-15(12)18-9-17-13/h2-3,5-9H,1,4H2,(H,16,17,18). The Morgan fingerprint density at radius 1 is 1.05 bits per heavy atom. The van der Waals surface area contributed by atoms with Gasteiger partial charge >= 0.3 is 0 Å². The van der Waals surface area contributed by atoms with Gasteiger partial charge in [-0.1, -0.05) is 0 Å². The first kappa shape index (κ1) is 13.8. The van der Waals surface area contributed by atoms with Crippen LogP contribution >= 0.6 is 34.0 Å². The van der Waals surface area contributed by atoms with Crippen molar-refractivity contribution in [2.75, 3.05) is 11.9 Å². The van der Waals surface area contributed by atoms with Crippen LogP contribution in [0.5, 0.6) is 0 Å². The second kappa shape index (κ2) is 6.12. The van der Waals surface area contributed by atoms with Crippen LogP contribution in [0.1, 0.15) is 5.69 Å². The molecule has 0 saturated carbocycles. The van der Waals surface area contributed by atoms with Crippen molar-refractivity contribution in [3.8, 4) is 10.6 Å². The lowest BCUT2D eigenvalue weighted by atomic mass is 10.3. The fraction of sp³-hybridized carbons (Fsp3) is 0.133. The summed E-state index contributed by atoms with van der Waals surface area (Å²) < 4.78 is 0. The van der Waals surface area contributed by atoms with E-state index >= 15 is 0 Å². The highest BCUT2D eigenvalue weighted by atomic mass is 32.1. The van der Waals surface area contributed by atoms with E-state index < -0.39 is 0 Å². The molecule has 0 fully saturated rings. The van der Waals surface area contributed by atoms with Crippen LogP contribution in [0.2, 0.25) is 0 Å². The number of thiazole rings is 1. The van der Waals surface area contributed by atoms with Crippen LogP contribution in [0.3, 0.4) is 0 Å². The second-order valence-corrected chi connectivity index (χ2v) is 7.23. The first-order valence-corrected chi connectivity index (χ1v) is 9.49. The van der Waals surface area contributed by atoms with E-state index in [-0.39, 0.29) is 0 Å². The monoisotopic (exact) mass is 344 g/mol. The summed E-state index contributed by atoms with van der Waals surface area (Å²) in [5.74, 6) is 0.902. The lowest BCUT2D eigenvalue weighted by molar-refractivity contribution is 0.970. The van der Waals surface area contributed by atoms with Gasteiger partial charge in [-0.2, -0.15) is 11.3 Å². The molecule has 0 aliphatic rings. The van der Waals surface area contributed by atoms with Crippen molar-refractivity contribution in [2.24, 2.45) is 0 Å². The number of hydrogen-bond donors (Lipinski definition) is 1. The summed E-state index contributed by atoms with van der Waals surface area (Å²) in [7, 11) is 0. The molecule has 4 aromatic rings. The average molecular weight is 344 g/mol. The van der Waals surface area contributed by atoms with E-state index in [0.29, 0.717) is 0 Å². The average Bonchev–Trinajstić information content (AvgIpc) is 3.28. The summed E-state index contributed by atoms with van der Waals surface area (Å²) >= 11 is 5.04. The number of aromatic nitrogens is 3. The highest BCUT2D eigenvalue weighted by Gasteiger charge is 2.07. The highest BCUT2D eigenvalue weighted by Crippen LogP contribution is 2.26. The third-order valence-corrected chi connectivity index (χ3v) is 5.70. The Morgan fingerprint density at radius 3 is 2.95 bits per heavy atom. The summed E-state index contributed by atoms with van der Waals surface area (Å²) in [6.45, 7) is 0.814. The maximum absolute atomic E-state index is 4.69. The van der Waals surface area contributed by atoms with E-state index in [0.717, 1.165) is 39.7 Å². The first-order valence-electron chi connectivity index (χ1n) is 6.79. The summed E-state index contributed by atoms with van der Waals surface area (Å²) in [6, 6.07) is 4.17. The molecule has 7 heteroatoms. The van der Waals surface area contributed by atoms with Crippen molar-refractivity contribution in [1.29, 1.82) is 0 Å². The Kier molecular flexibility index (Phi) is 3.84. The van der Waals surface area contributed by atoms with Crippen molar-refractivity contribution in [1.82, 2.24) is 15.0 Å². The molecular formula is C15H12N4S3. The predicted octanol–water partition coefficient (Wildman–Crippen LogP) is 4.53. The van der Waals surface area contributed by atoms with Crippen LogP contribution in [0.4, 0.5) is 5.82 Å². The summed E-state index contributed by atoms with van der Waals surface area (Å²) in [6.07, 6.45) is 2.49. The molecule has 0 atom stereocenters. The normalized spacial score (nSPS) is 11.1. The fourth-order valence-corrected chi connectivity index (χ4v) is 4.48. The Balaban J connectivity index is 1.42. The van der Waals surface area contributed by atoms with E-state index in [1.807, 2.05) is 5.38 Å². The maximum Gasteiger partial charge on any atom is 0.138 e. The van der Waals surface area contributed by atoms with Gasteiger partial charge in [0.2, 0.25) is 0 Å². The molecule has 1 N–H and O–H groups in total. The third-order valence-electron chi connectivity index (χ3n) is 3.26. The quantitative estimate of drug-likeness (QED) is 0.578. The van der Waals surface area contributed by atoms with Gasteiger partial charge < -0.3 is 5.32 Å². The van der Waals surface area contributed by atoms with Crippen molar-refractivity contribution in [3.05, 3.63) is 45.7 Å². The summed E-state index contributed by atoms with van der Waals surface area (Å²) in [5, 5.41) is 14.0.